The van der Waals surface area contributed by atoms with Gasteiger partial charge in [-0.1, -0.05) is 37.3 Å². The zero-order chi connectivity index (χ0) is 19.2. The first-order valence-electron chi connectivity index (χ1n) is 8.37. The van der Waals surface area contributed by atoms with Gasteiger partial charge in [0.2, 0.25) is 15.9 Å². The number of hydrogen-bond acceptors (Lipinski definition) is 4. The van der Waals surface area contributed by atoms with Crippen LogP contribution >= 0.6 is 0 Å². The highest BCUT2D eigenvalue weighted by molar-refractivity contribution is 7.89. The molecule has 6 nitrogen and oxygen atoms in total. The zero-order valence-electron chi connectivity index (χ0n) is 15.2. The molecule has 0 aliphatic carbocycles. The van der Waals surface area contributed by atoms with E-state index in [2.05, 4.69) is 5.32 Å². The van der Waals surface area contributed by atoms with Crippen molar-refractivity contribution in [1.29, 1.82) is 0 Å². The van der Waals surface area contributed by atoms with Crippen molar-refractivity contribution in [2.45, 2.75) is 24.8 Å². The average molecular weight is 376 g/mol. The van der Waals surface area contributed by atoms with E-state index in [-0.39, 0.29) is 29.9 Å². The van der Waals surface area contributed by atoms with Crippen LogP contribution in [0.1, 0.15) is 25.5 Å². The summed E-state index contributed by atoms with van der Waals surface area (Å²) in [5.41, 5.74) is 0.910. The second-order valence-electron chi connectivity index (χ2n) is 5.81. The third-order valence-electron chi connectivity index (χ3n) is 4.05. The van der Waals surface area contributed by atoms with Gasteiger partial charge >= 0.3 is 0 Å². The van der Waals surface area contributed by atoms with Crippen LogP contribution in [0.25, 0.3) is 0 Å². The summed E-state index contributed by atoms with van der Waals surface area (Å²) < 4.78 is 31.6. The number of sulfonamides is 1. The maximum absolute atomic E-state index is 12.7. The van der Waals surface area contributed by atoms with Crippen molar-refractivity contribution in [2.75, 3.05) is 20.2 Å². The SMILES string of the molecule is CCN(CC(=O)NC(C)c1ccc(OC)cc1)S(=O)(=O)c1ccccc1. The van der Waals surface area contributed by atoms with Crippen LogP contribution in [0.2, 0.25) is 0 Å². The monoisotopic (exact) mass is 376 g/mol. The largest absolute Gasteiger partial charge is 0.497 e. The number of rotatable bonds is 8. The maximum atomic E-state index is 12.7. The Hall–Kier alpha value is -2.38. The lowest BCUT2D eigenvalue weighted by atomic mass is 10.1. The van der Waals surface area contributed by atoms with Crippen LogP contribution in [0, 0.1) is 0 Å². The minimum Gasteiger partial charge on any atom is -0.497 e. The fraction of sp³-hybridized carbons (Fsp3) is 0.316. The minimum atomic E-state index is -3.70. The van der Waals surface area contributed by atoms with Gasteiger partial charge in [-0.15, -0.1) is 0 Å². The number of amides is 1. The number of methoxy groups -OCH3 is 1. The predicted molar refractivity (Wildman–Crippen MR) is 100 cm³/mol. The molecule has 140 valence electrons. The fourth-order valence-corrected chi connectivity index (χ4v) is 3.96. The topological polar surface area (TPSA) is 75.7 Å². The van der Waals surface area contributed by atoms with Gasteiger partial charge in [-0.25, -0.2) is 8.42 Å². The summed E-state index contributed by atoms with van der Waals surface area (Å²) in [6, 6.07) is 15.2. The van der Waals surface area contributed by atoms with Gasteiger partial charge in [-0.3, -0.25) is 4.79 Å². The molecule has 2 aromatic rings. The summed E-state index contributed by atoms with van der Waals surface area (Å²) in [6.45, 7) is 3.54. The van der Waals surface area contributed by atoms with Crippen LogP contribution in [-0.2, 0) is 14.8 Å². The number of hydrogen-bond donors (Lipinski definition) is 1. The Balaban J connectivity index is 2.04. The van der Waals surface area contributed by atoms with E-state index >= 15 is 0 Å². The zero-order valence-corrected chi connectivity index (χ0v) is 16.0. The highest BCUT2D eigenvalue weighted by Crippen LogP contribution is 2.18. The molecule has 0 saturated heterocycles. The van der Waals surface area contributed by atoms with Crippen molar-refractivity contribution in [1.82, 2.24) is 9.62 Å². The first-order valence-corrected chi connectivity index (χ1v) is 9.81. The number of carbonyl (C=O) groups excluding carboxylic acids is 1. The lowest BCUT2D eigenvalue weighted by molar-refractivity contribution is -0.121. The standard InChI is InChI=1S/C19H24N2O4S/c1-4-21(26(23,24)18-8-6-5-7-9-18)14-19(22)20-15(2)16-10-12-17(25-3)13-11-16/h5-13,15H,4,14H2,1-3H3,(H,20,22). The smallest absolute Gasteiger partial charge is 0.243 e. The molecule has 7 heteroatoms. The first kappa shape index (κ1) is 19.9. The third kappa shape index (κ3) is 4.83. The van der Waals surface area contributed by atoms with Gasteiger partial charge in [0.25, 0.3) is 0 Å². The lowest BCUT2D eigenvalue weighted by Crippen LogP contribution is -2.41. The van der Waals surface area contributed by atoms with Crippen LogP contribution in [-0.4, -0.2) is 38.8 Å². The van der Waals surface area contributed by atoms with E-state index in [0.29, 0.717) is 0 Å². The minimum absolute atomic E-state index is 0.179. The molecule has 0 aliphatic rings. The van der Waals surface area contributed by atoms with E-state index in [0.717, 1.165) is 11.3 Å². The van der Waals surface area contributed by atoms with Gasteiger partial charge < -0.3 is 10.1 Å². The Bertz CT molecular complexity index is 820. The van der Waals surface area contributed by atoms with Crippen LogP contribution in [0.4, 0.5) is 0 Å². The molecule has 0 aliphatic heterocycles. The van der Waals surface area contributed by atoms with Gasteiger partial charge in [0.1, 0.15) is 5.75 Å². The van der Waals surface area contributed by atoms with Gasteiger partial charge in [0, 0.05) is 6.54 Å². The Morgan fingerprint density at radius 3 is 2.27 bits per heavy atom. The summed E-state index contributed by atoms with van der Waals surface area (Å²) >= 11 is 0. The molecule has 1 atom stereocenters. The second kappa shape index (κ2) is 8.82. The normalized spacial score (nSPS) is 12.6. The molecule has 0 bridgehead atoms. The van der Waals surface area contributed by atoms with Crippen LogP contribution in [0.3, 0.4) is 0 Å². The van der Waals surface area contributed by atoms with E-state index in [9.17, 15) is 13.2 Å². The molecule has 0 heterocycles. The molecule has 1 unspecified atom stereocenters. The number of likely N-dealkylation sites (N-methyl/N-ethyl adjacent to an activating group) is 1. The molecule has 0 fully saturated rings. The Morgan fingerprint density at radius 2 is 1.73 bits per heavy atom. The molecule has 0 aromatic heterocycles. The van der Waals surface area contributed by atoms with Crippen LogP contribution in [0.5, 0.6) is 5.75 Å². The van der Waals surface area contributed by atoms with Crippen molar-refractivity contribution >= 4 is 15.9 Å². The molecule has 1 N–H and O–H groups in total. The van der Waals surface area contributed by atoms with Crippen molar-refractivity contribution < 1.29 is 17.9 Å². The number of ether oxygens (including phenoxy) is 1. The van der Waals surface area contributed by atoms with Crippen molar-refractivity contribution in [3.63, 3.8) is 0 Å². The van der Waals surface area contributed by atoms with E-state index in [1.165, 1.54) is 16.4 Å². The molecule has 2 rings (SSSR count). The van der Waals surface area contributed by atoms with Crippen LogP contribution in [0.15, 0.2) is 59.5 Å². The van der Waals surface area contributed by atoms with Gasteiger partial charge in [0.05, 0.1) is 24.6 Å². The number of nitrogens with one attached hydrogen (secondary N) is 1. The van der Waals surface area contributed by atoms with E-state index in [4.69, 9.17) is 4.74 Å². The molecule has 0 radical (unpaired) electrons. The van der Waals surface area contributed by atoms with Crippen molar-refractivity contribution in [2.24, 2.45) is 0 Å². The fourth-order valence-electron chi connectivity index (χ4n) is 2.53. The molecule has 0 saturated carbocycles. The van der Waals surface area contributed by atoms with Gasteiger partial charge in [-0.05, 0) is 36.8 Å². The van der Waals surface area contributed by atoms with Gasteiger partial charge in [-0.2, -0.15) is 4.31 Å². The summed E-state index contributed by atoms with van der Waals surface area (Å²) in [4.78, 5) is 12.5. The van der Waals surface area contributed by atoms with E-state index in [1.807, 2.05) is 31.2 Å². The Morgan fingerprint density at radius 1 is 1.12 bits per heavy atom. The second-order valence-corrected chi connectivity index (χ2v) is 7.74. The first-order chi connectivity index (χ1) is 12.4. The number of nitrogens with zero attached hydrogens (tertiary/aromatic N) is 1. The molecule has 2 aromatic carbocycles. The van der Waals surface area contributed by atoms with Crippen LogP contribution < -0.4 is 10.1 Å². The lowest BCUT2D eigenvalue weighted by Gasteiger charge is -2.22. The Kier molecular flexibility index (Phi) is 6.76. The molecular weight excluding hydrogens is 352 g/mol. The van der Waals surface area contributed by atoms with Crippen molar-refractivity contribution in [3.8, 4) is 5.75 Å². The summed E-state index contributed by atoms with van der Waals surface area (Å²) in [6.07, 6.45) is 0. The number of benzene rings is 2. The molecule has 1 amide bonds. The average Bonchev–Trinajstić information content (AvgIpc) is 2.66. The predicted octanol–water partition coefficient (Wildman–Crippen LogP) is 2.58. The highest BCUT2D eigenvalue weighted by atomic mass is 32.2. The highest BCUT2D eigenvalue weighted by Gasteiger charge is 2.25. The Labute approximate surface area is 154 Å². The molecule has 26 heavy (non-hydrogen) atoms. The molecule has 0 spiro atoms. The van der Waals surface area contributed by atoms with Crippen molar-refractivity contribution in [3.05, 3.63) is 60.2 Å². The van der Waals surface area contributed by atoms with E-state index in [1.54, 1.807) is 32.2 Å². The van der Waals surface area contributed by atoms with E-state index < -0.39 is 10.0 Å². The third-order valence-corrected chi connectivity index (χ3v) is 5.98. The van der Waals surface area contributed by atoms with Gasteiger partial charge in [0.15, 0.2) is 0 Å². The summed E-state index contributed by atoms with van der Waals surface area (Å²) in [5.74, 6) is 0.382. The summed E-state index contributed by atoms with van der Waals surface area (Å²) in [7, 11) is -2.11. The molecular formula is C19H24N2O4S. The quantitative estimate of drug-likeness (QED) is 0.768. The maximum Gasteiger partial charge on any atom is 0.243 e. The summed E-state index contributed by atoms with van der Waals surface area (Å²) in [5, 5.41) is 2.84. The number of carbonyl (C=O) groups is 1.